The van der Waals surface area contributed by atoms with Gasteiger partial charge in [0.05, 0.1) is 21.8 Å². The molecule has 1 amide bonds. The van der Waals surface area contributed by atoms with Crippen LogP contribution >= 0.6 is 11.6 Å². The van der Waals surface area contributed by atoms with Crippen LogP contribution in [-0.2, 0) is 22.1 Å². The fourth-order valence-electron chi connectivity index (χ4n) is 2.71. The number of hydrogen-bond donors (Lipinski definition) is 1. The minimum atomic E-state index is -4.58. The van der Waals surface area contributed by atoms with E-state index in [1.165, 1.54) is 6.92 Å². The average Bonchev–Trinajstić information content (AvgIpc) is 2.55. The molecule has 1 aliphatic heterocycles. The summed E-state index contributed by atoms with van der Waals surface area (Å²) in [6.07, 6.45) is -4.48. The van der Waals surface area contributed by atoms with E-state index in [1.54, 1.807) is 24.3 Å². The number of benzene rings is 2. The number of halogens is 4. The summed E-state index contributed by atoms with van der Waals surface area (Å²) >= 11 is 5.89. The smallest absolute Gasteiger partial charge is 0.416 e. The first kappa shape index (κ1) is 18.3. The summed E-state index contributed by atoms with van der Waals surface area (Å²) in [6, 6.07) is 9.27. The molecule has 0 saturated carbocycles. The Morgan fingerprint density at radius 3 is 2.62 bits per heavy atom. The van der Waals surface area contributed by atoms with Crippen LogP contribution in [0.25, 0.3) is 0 Å². The van der Waals surface area contributed by atoms with Crippen LogP contribution in [0.5, 0.6) is 0 Å². The quantitative estimate of drug-likeness (QED) is 0.778. The summed E-state index contributed by atoms with van der Waals surface area (Å²) in [5, 5.41) is 2.28. The van der Waals surface area contributed by atoms with E-state index < -0.39 is 29.2 Å². The van der Waals surface area contributed by atoms with Gasteiger partial charge in [0.15, 0.2) is 5.60 Å². The molecule has 0 fully saturated rings. The summed E-state index contributed by atoms with van der Waals surface area (Å²) in [7, 11) is 0. The summed E-state index contributed by atoms with van der Waals surface area (Å²) in [5.74, 6) is -1.43. The highest BCUT2D eigenvalue weighted by Gasteiger charge is 2.43. The highest BCUT2D eigenvalue weighted by molar-refractivity contribution is 6.33. The molecule has 2 aromatic rings. The Morgan fingerprint density at radius 1 is 1.23 bits per heavy atom. The van der Waals surface area contributed by atoms with Gasteiger partial charge in [-0.3, -0.25) is 4.79 Å². The van der Waals surface area contributed by atoms with Crippen molar-refractivity contribution in [1.82, 2.24) is 0 Å². The molecular weight excluding hydrogens is 371 g/mol. The lowest BCUT2D eigenvalue weighted by Gasteiger charge is -2.33. The molecule has 1 aliphatic rings. The van der Waals surface area contributed by atoms with Crippen molar-refractivity contribution in [3.8, 4) is 0 Å². The van der Waals surface area contributed by atoms with Crippen molar-refractivity contribution >= 4 is 29.2 Å². The molecule has 8 heteroatoms. The van der Waals surface area contributed by atoms with Crippen molar-refractivity contribution < 1.29 is 27.5 Å². The van der Waals surface area contributed by atoms with Crippen LogP contribution in [0.15, 0.2) is 42.5 Å². The van der Waals surface area contributed by atoms with E-state index in [0.717, 1.165) is 18.2 Å². The van der Waals surface area contributed by atoms with Gasteiger partial charge in [-0.25, -0.2) is 4.79 Å². The van der Waals surface area contributed by atoms with Crippen molar-refractivity contribution in [2.75, 3.05) is 5.32 Å². The highest BCUT2D eigenvalue weighted by atomic mass is 35.5. The van der Waals surface area contributed by atoms with Crippen molar-refractivity contribution in [2.45, 2.75) is 25.1 Å². The third kappa shape index (κ3) is 3.39. The summed E-state index contributed by atoms with van der Waals surface area (Å²) in [5.41, 5.74) is -1.74. The lowest BCUT2D eigenvalue weighted by molar-refractivity contribution is -0.137. The van der Waals surface area contributed by atoms with Crippen molar-refractivity contribution in [2.24, 2.45) is 0 Å². The van der Waals surface area contributed by atoms with Gasteiger partial charge < -0.3 is 10.1 Å². The topological polar surface area (TPSA) is 55.4 Å². The van der Waals surface area contributed by atoms with Crippen LogP contribution in [0, 0.1) is 0 Å². The molecule has 136 valence electrons. The molecule has 26 heavy (non-hydrogen) atoms. The number of fused-ring (bicyclic) bond motifs is 1. The second kappa shape index (κ2) is 6.32. The van der Waals surface area contributed by atoms with Gasteiger partial charge >= 0.3 is 12.1 Å². The molecule has 3 rings (SSSR count). The summed E-state index contributed by atoms with van der Waals surface area (Å²) in [6.45, 7) is 1.40. The monoisotopic (exact) mass is 383 g/mol. The van der Waals surface area contributed by atoms with Gasteiger partial charge in [0.2, 0.25) is 0 Å². The molecule has 1 unspecified atom stereocenters. The molecular formula is C18H13ClF3NO3. The summed E-state index contributed by atoms with van der Waals surface area (Å²) in [4.78, 5) is 24.8. The SMILES string of the molecule is CC1(C(=O)Nc2cc(C(F)(F)F)ccc2Cl)Cc2ccccc2C(=O)O1. The summed E-state index contributed by atoms with van der Waals surface area (Å²) < 4.78 is 43.8. The minimum absolute atomic E-state index is 0.0579. The maximum absolute atomic E-state index is 12.9. The van der Waals surface area contributed by atoms with Crippen LogP contribution in [0.2, 0.25) is 5.02 Å². The molecule has 0 aromatic heterocycles. The Morgan fingerprint density at radius 2 is 1.92 bits per heavy atom. The molecule has 0 saturated heterocycles. The number of hydrogen-bond acceptors (Lipinski definition) is 3. The lowest BCUT2D eigenvalue weighted by atomic mass is 9.89. The number of carbonyl (C=O) groups excluding carboxylic acids is 2. The predicted molar refractivity (Wildman–Crippen MR) is 89.1 cm³/mol. The van der Waals surface area contributed by atoms with Gasteiger partial charge in [0.1, 0.15) is 0 Å². The van der Waals surface area contributed by atoms with E-state index >= 15 is 0 Å². The number of nitrogens with one attached hydrogen (secondary N) is 1. The van der Waals surface area contributed by atoms with E-state index in [1.807, 2.05) is 0 Å². The molecule has 0 bridgehead atoms. The van der Waals surface area contributed by atoms with E-state index in [-0.39, 0.29) is 17.1 Å². The van der Waals surface area contributed by atoms with E-state index in [0.29, 0.717) is 11.1 Å². The Bertz CT molecular complexity index is 897. The standard InChI is InChI=1S/C18H13ClF3NO3/c1-17(9-10-4-2-3-5-12(10)15(24)26-17)16(25)23-14-8-11(18(20,21)22)6-7-13(14)19/h2-8H,9H2,1H3,(H,23,25). The van der Waals surface area contributed by atoms with Crippen LogP contribution in [0.3, 0.4) is 0 Å². The Hall–Kier alpha value is -2.54. The fraction of sp³-hybridized carbons (Fsp3) is 0.222. The number of ether oxygens (including phenoxy) is 1. The highest BCUT2D eigenvalue weighted by Crippen LogP contribution is 2.35. The van der Waals surface area contributed by atoms with Crippen molar-refractivity contribution in [1.29, 1.82) is 0 Å². The van der Waals surface area contributed by atoms with Crippen molar-refractivity contribution in [3.05, 3.63) is 64.2 Å². The molecule has 0 radical (unpaired) electrons. The number of alkyl halides is 3. The van der Waals surface area contributed by atoms with E-state index in [2.05, 4.69) is 5.32 Å². The van der Waals surface area contributed by atoms with Crippen LogP contribution < -0.4 is 5.32 Å². The first-order valence-electron chi connectivity index (χ1n) is 7.59. The molecule has 1 heterocycles. The largest absolute Gasteiger partial charge is 0.445 e. The molecule has 1 N–H and O–H groups in total. The predicted octanol–water partition coefficient (Wildman–Crippen LogP) is 4.47. The van der Waals surface area contributed by atoms with Gasteiger partial charge in [0.25, 0.3) is 5.91 Å². The van der Waals surface area contributed by atoms with Crippen LogP contribution in [0.1, 0.15) is 28.4 Å². The Kier molecular flexibility index (Phi) is 4.44. The van der Waals surface area contributed by atoms with Gasteiger partial charge in [-0.15, -0.1) is 0 Å². The second-order valence-electron chi connectivity index (χ2n) is 6.10. The number of anilines is 1. The number of rotatable bonds is 2. The van der Waals surface area contributed by atoms with Gasteiger partial charge in [0, 0.05) is 6.42 Å². The molecule has 4 nitrogen and oxygen atoms in total. The van der Waals surface area contributed by atoms with Gasteiger partial charge in [-0.2, -0.15) is 13.2 Å². The maximum Gasteiger partial charge on any atom is 0.416 e. The Labute approximate surface area is 151 Å². The zero-order valence-electron chi connectivity index (χ0n) is 13.5. The zero-order valence-corrected chi connectivity index (χ0v) is 14.2. The van der Waals surface area contributed by atoms with Crippen molar-refractivity contribution in [3.63, 3.8) is 0 Å². The minimum Gasteiger partial charge on any atom is -0.445 e. The maximum atomic E-state index is 12.9. The molecule has 0 spiro atoms. The zero-order chi connectivity index (χ0) is 19.1. The molecule has 2 aromatic carbocycles. The van der Waals surface area contributed by atoms with Crippen LogP contribution in [-0.4, -0.2) is 17.5 Å². The fourth-order valence-corrected chi connectivity index (χ4v) is 2.88. The number of esters is 1. The lowest BCUT2D eigenvalue weighted by Crippen LogP contribution is -2.48. The average molecular weight is 384 g/mol. The third-order valence-corrected chi connectivity index (χ3v) is 4.43. The second-order valence-corrected chi connectivity index (χ2v) is 6.51. The first-order valence-corrected chi connectivity index (χ1v) is 7.97. The molecule has 0 aliphatic carbocycles. The molecule has 1 atom stereocenters. The number of carbonyl (C=O) groups is 2. The normalized spacial score (nSPS) is 19.5. The van der Waals surface area contributed by atoms with E-state index in [9.17, 15) is 22.8 Å². The van der Waals surface area contributed by atoms with E-state index in [4.69, 9.17) is 16.3 Å². The third-order valence-electron chi connectivity index (χ3n) is 4.11. The van der Waals surface area contributed by atoms with Crippen LogP contribution in [0.4, 0.5) is 18.9 Å². The van der Waals surface area contributed by atoms with Gasteiger partial charge in [-0.05, 0) is 36.8 Å². The van der Waals surface area contributed by atoms with Gasteiger partial charge in [-0.1, -0.05) is 29.8 Å². The first-order chi connectivity index (χ1) is 12.1. The Balaban J connectivity index is 1.88. The number of cyclic esters (lactones) is 1. The number of amides is 1.